The van der Waals surface area contributed by atoms with Crippen LogP contribution in [0.15, 0.2) is 66.0 Å². The van der Waals surface area contributed by atoms with E-state index < -0.39 is 10.0 Å². The van der Waals surface area contributed by atoms with Crippen LogP contribution in [0.5, 0.6) is 5.75 Å². The molecule has 1 aliphatic rings. The monoisotopic (exact) mass is 367 g/mol. The summed E-state index contributed by atoms with van der Waals surface area (Å²) in [7, 11) is -2.17. The third-order valence-corrected chi connectivity index (χ3v) is 6.19. The Balaban J connectivity index is 1.71. The highest BCUT2D eigenvalue weighted by Crippen LogP contribution is 2.34. The zero-order valence-electron chi connectivity index (χ0n) is 14.2. The van der Waals surface area contributed by atoms with Crippen molar-refractivity contribution in [3.05, 3.63) is 66.6 Å². The standard InChI is InChI=1S/C19H17N3O3S/c1-25-17-3-2-4-18(12-17)26(23,24)22-10-7-15-11-16(13-21-19(15)22)14-5-8-20-9-6-14/h2-6,8-9,11-13H,7,10H2,1H3. The van der Waals surface area contributed by atoms with Gasteiger partial charge in [0, 0.05) is 36.8 Å². The molecule has 0 bridgehead atoms. The minimum absolute atomic E-state index is 0.199. The highest BCUT2D eigenvalue weighted by atomic mass is 32.2. The maximum Gasteiger partial charge on any atom is 0.265 e. The summed E-state index contributed by atoms with van der Waals surface area (Å²) in [6, 6.07) is 12.3. The van der Waals surface area contributed by atoms with Crippen molar-refractivity contribution in [2.45, 2.75) is 11.3 Å². The van der Waals surface area contributed by atoms with Crippen molar-refractivity contribution >= 4 is 15.8 Å². The Morgan fingerprint density at radius 1 is 1.08 bits per heavy atom. The molecule has 0 saturated carbocycles. The number of benzene rings is 1. The van der Waals surface area contributed by atoms with Gasteiger partial charge in [-0.05, 0) is 47.9 Å². The second-order valence-electron chi connectivity index (χ2n) is 5.95. The van der Waals surface area contributed by atoms with Crippen LogP contribution >= 0.6 is 0 Å². The lowest BCUT2D eigenvalue weighted by molar-refractivity contribution is 0.413. The van der Waals surface area contributed by atoms with Gasteiger partial charge in [-0.1, -0.05) is 6.07 Å². The van der Waals surface area contributed by atoms with E-state index in [9.17, 15) is 8.42 Å². The fourth-order valence-corrected chi connectivity index (χ4v) is 4.56. The van der Waals surface area contributed by atoms with E-state index in [-0.39, 0.29) is 4.90 Å². The second-order valence-corrected chi connectivity index (χ2v) is 7.81. The lowest BCUT2D eigenvalue weighted by atomic mass is 10.1. The first-order valence-electron chi connectivity index (χ1n) is 8.16. The third-order valence-electron chi connectivity index (χ3n) is 4.41. The largest absolute Gasteiger partial charge is 0.497 e. The van der Waals surface area contributed by atoms with Gasteiger partial charge in [-0.2, -0.15) is 0 Å². The third kappa shape index (κ3) is 2.80. The van der Waals surface area contributed by atoms with Gasteiger partial charge in [-0.15, -0.1) is 0 Å². The van der Waals surface area contributed by atoms with Crippen molar-refractivity contribution in [3.63, 3.8) is 0 Å². The normalized spacial score (nSPS) is 13.5. The van der Waals surface area contributed by atoms with Crippen molar-refractivity contribution in [2.24, 2.45) is 0 Å². The Kier molecular flexibility index (Phi) is 4.08. The Morgan fingerprint density at radius 2 is 1.88 bits per heavy atom. The molecule has 0 N–H and O–H groups in total. The number of ether oxygens (including phenoxy) is 1. The summed E-state index contributed by atoms with van der Waals surface area (Å²) in [6.07, 6.45) is 5.78. The molecule has 132 valence electrons. The highest BCUT2D eigenvalue weighted by molar-refractivity contribution is 7.92. The van der Waals surface area contributed by atoms with Crippen LogP contribution in [0.4, 0.5) is 5.82 Å². The molecule has 0 radical (unpaired) electrons. The van der Waals surface area contributed by atoms with E-state index >= 15 is 0 Å². The number of hydrogen-bond acceptors (Lipinski definition) is 5. The van der Waals surface area contributed by atoms with Crippen molar-refractivity contribution in [2.75, 3.05) is 18.0 Å². The molecule has 2 aromatic heterocycles. The molecule has 0 saturated heterocycles. The lowest BCUT2D eigenvalue weighted by Crippen LogP contribution is -2.29. The molecular formula is C19H17N3O3S. The van der Waals surface area contributed by atoms with E-state index in [0.29, 0.717) is 24.5 Å². The number of rotatable bonds is 4. The van der Waals surface area contributed by atoms with Gasteiger partial charge in [0.05, 0.1) is 12.0 Å². The molecule has 6 nitrogen and oxygen atoms in total. The van der Waals surface area contributed by atoms with Crippen LogP contribution in [0.3, 0.4) is 0 Å². The molecule has 3 heterocycles. The number of fused-ring (bicyclic) bond motifs is 1. The van der Waals surface area contributed by atoms with Crippen molar-refractivity contribution in [1.29, 1.82) is 0 Å². The first kappa shape index (κ1) is 16.5. The van der Waals surface area contributed by atoms with E-state index in [4.69, 9.17) is 4.74 Å². The van der Waals surface area contributed by atoms with Crippen molar-refractivity contribution < 1.29 is 13.2 Å². The summed E-state index contributed by atoms with van der Waals surface area (Å²) in [5.41, 5.74) is 2.88. The maximum absolute atomic E-state index is 13.0. The second kappa shape index (κ2) is 6.42. The van der Waals surface area contributed by atoms with Crippen LogP contribution in [-0.4, -0.2) is 32.0 Å². The van der Waals surface area contributed by atoms with E-state index in [2.05, 4.69) is 9.97 Å². The quantitative estimate of drug-likeness (QED) is 0.709. The predicted octanol–water partition coefficient (Wildman–Crippen LogP) is 2.90. The molecule has 0 aliphatic carbocycles. The van der Waals surface area contributed by atoms with Crippen molar-refractivity contribution in [1.82, 2.24) is 9.97 Å². The Morgan fingerprint density at radius 3 is 2.65 bits per heavy atom. The van der Waals surface area contributed by atoms with Crippen LogP contribution in [0.1, 0.15) is 5.56 Å². The molecule has 7 heteroatoms. The molecule has 0 unspecified atom stereocenters. The maximum atomic E-state index is 13.0. The fraction of sp³-hybridized carbons (Fsp3) is 0.158. The van der Waals surface area contributed by atoms with Gasteiger partial charge in [-0.25, -0.2) is 17.7 Å². The molecule has 0 spiro atoms. The van der Waals surface area contributed by atoms with Gasteiger partial charge in [-0.3, -0.25) is 4.98 Å². The molecular weight excluding hydrogens is 350 g/mol. The molecule has 0 amide bonds. The molecule has 0 fully saturated rings. The Labute approximate surface area is 152 Å². The van der Waals surface area contributed by atoms with Crippen LogP contribution in [-0.2, 0) is 16.4 Å². The zero-order chi connectivity index (χ0) is 18.1. The van der Waals surface area contributed by atoms with Crippen molar-refractivity contribution in [3.8, 4) is 16.9 Å². The SMILES string of the molecule is COc1cccc(S(=O)(=O)N2CCc3cc(-c4ccncc4)cnc32)c1. The van der Waals surface area contributed by atoms with Gasteiger partial charge in [0.25, 0.3) is 10.0 Å². The molecule has 1 aromatic carbocycles. The van der Waals surface area contributed by atoms with Gasteiger partial charge in [0.2, 0.25) is 0 Å². The number of pyridine rings is 2. The number of anilines is 1. The summed E-state index contributed by atoms with van der Waals surface area (Å²) >= 11 is 0. The Bertz CT molecular complexity index is 1050. The van der Waals surface area contributed by atoms with E-state index in [1.54, 1.807) is 36.8 Å². The summed E-state index contributed by atoms with van der Waals surface area (Å²) in [6.45, 7) is 0.377. The average Bonchev–Trinajstić information content (AvgIpc) is 3.12. The summed E-state index contributed by atoms with van der Waals surface area (Å²) in [5.74, 6) is 0.997. The van der Waals surface area contributed by atoms with E-state index in [1.807, 2.05) is 18.2 Å². The van der Waals surface area contributed by atoms with Crippen LogP contribution in [0, 0.1) is 0 Å². The van der Waals surface area contributed by atoms with Gasteiger partial charge < -0.3 is 4.74 Å². The number of nitrogens with zero attached hydrogens (tertiary/aromatic N) is 3. The average molecular weight is 367 g/mol. The molecule has 4 rings (SSSR count). The summed E-state index contributed by atoms with van der Waals surface area (Å²) < 4.78 is 32.6. The predicted molar refractivity (Wildman–Crippen MR) is 98.7 cm³/mol. The molecule has 1 aliphatic heterocycles. The molecule has 3 aromatic rings. The van der Waals surface area contributed by atoms with Crippen LogP contribution in [0.25, 0.3) is 11.1 Å². The number of methoxy groups -OCH3 is 1. The number of aromatic nitrogens is 2. The van der Waals surface area contributed by atoms with E-state index in [0.717, 1.165) is 16.7 Å². The lowest BCUT2D eigenvalue weighted by Gasteiger charge is -2.19. The topological polar surface area (TPSA) is 72.4 Å². The number of hydrogen-bond donors (Lipinski definition) is 0. The van der Waals surface area contributed by atoms with Gasteiger partial charge >= 0.3 is 0 Å². The zero-order valence-corrected chi connectivity index (χ0v) is 15.0. The van der Waals surface area contributed by atoms with Crippen LogP contribution < -0.4 is 9.04 Å². The minimum Gasteiger partial charge on any atom is -0.497 e. The van der Waals surface area contributed by atoms with Gasteiger partial charge in [0.1, 0.15) is 11.6 Å². The number of sulfonamides is 1. The Hall–Kier alpha value is -2.93. The minimum atomic E-state index is -3.68. The molecule has 26 heavy (non-hydrogen) atoms. The first-order chi connectivity index (χ1) is 12.6. The smallest absolute Gasteiger partial charge is 0.265 e. The van der Waals surface area contributed by atoms with E-state index in [1.165, 1.54) is 17.5 Å². The fourth-order valence-electron chi connectivity index (χ4n) is 3.06. The first-order valence-corrected chi connectivity index (χ1v) is 9.60. The molecule has 0 atom stereocenters. The van der Waals surface area contributed by atoms with Gasteiger partial charge in [0.15, 0.2) is 0 Å². The van der Waals surface area contributed by atoms with Crippen LogP contribution in [0.2, 0.25) is 0 Å². The summed E-state index contributed by atoms with van der Waals surface area (Å²) in [5, 5.41) is 0. The summed E-state index contributed by atoms with van der Waals surface area (Å²) in [4.78, 5) is 8.66. The highest BCUT2D eigenvalue weighted by Gasteiger charge is 2.32.